The summed E-state index contributed by atoms with van der Waals surface area (Å²) in [5, 5.41) is 4.06. The second-order valence-corrected chi connectivity index (χ2v) is 10.8. The molecule has 0 spiro atoms. The van der Waals surface area contributed by atoms with Crippen LogP contribution < -0.4 is 14.9 Å². The zero-order valence-electron chi connectivity index (χ0n) is 18.8. The van der Waals surface area contributed by atoms with Crippen LogP contribution in [0.15, 0.2) is 67.0 Å². The topological polar surface area (TPSA) is 88.5 Å². The summed E-state index contributed by atoms with van der Waals surface area (Å²) in [6.07, 6.45) is 7.36. The molecule has 2 fully saturated rings. The molecule has 0 amide bonds. The van der Waals surface area contributed by atoms with Crippen molar-refractivity contribution < 1.29 is 13.2 Å². The Morgan fingerprint density at radius 1 is 1.18 bits per heavy atom. The van der Waals surface area contributed by atoms with Crippen molar-refractivity contribution in [1.82, 2.24) is 14.9 Å². The number of sulfonamides is 1. The Balaban J connectivity index is 1.53. The van der Waals surface area contributed by atoms with E-state index < -0.39 is 10.0 Å². The van der Waals surface area contributed by atoms with Gasteiger partial charge in [-0.05, 0) is 73.6 Å². The molecule has 34 heavy (non-hydrogen) atoms. The normalized spacial score (nSPS) is 22.7. The fourth-order valence-corrected chi connectivity index (χ4v) is 5.62. The molecule has 8 nitrogen and oxygen atoms in total. The third-order valence-corrected chi connectivity index (χ3v) is 7.06. The largest absolute Gasteiger partial charge is 0.376 e. The van der Waals surface area contributed by atoms with Gasteiger partial charge in [0.2, 0.25) is 10.0 Å². The smallest absolute Gasteiger partial charge is 0.229 e. The highest BCUT2D eigenvalue weighted by Crippen LogP contribution is 2.42. The van der Waals surface area contributed by atoms with E-state index in [1.807, 2.05) is 30.3 Å². The molecule has 2 aliphatic rings. The van der Waals surface area contributed by atoms with Crippen LogP contribution in [0.4, 0.5) is 11.4 Å². The van der Waals surface area contributed by atoms with Crippen LogP contribution in [0.2, 0.25) is 0 Å². The van der Waals surface area contributed by atoms with Crippen LogP contribution in [0.3, 0.4) is 0 Å². The molecule has 2 aliphatic heterocycles. The number of hydrogen-bond donors (Lipinski definition) is 2. The highest BCUT2D eigenvalue weighted by Gasteiger charge is 2.42. The number of hydrogen-bond acceptors (Lipinski definition) is 5. The summed E-state index contributed by atoms with van der Waals surface area (Å²) >= 11 is 5.80. The molecule has 4 heterocycles. The maximum atomic E-state index is 11.6. The monoisotopic (exact) mass is 497 g/mol. The zero-order valence-corrected chi connectivity index (χ0v) is 20.4. The number of rotatable bonds is 7. The van der Waals surface area contributed by atoms with Crippen molar-refractivity contribution in [2.24, 2.45) is 0 Å². The van der Waals surface area contributed by atoms with Crippen LogP contribution in [0.1, 0.15) is 36.3 Å². The first-order valence-electron chi connectivity index (χ1n) is 11.2. The van der Waals surface area contributed by atoms with E-state index >= 15 is 0 Å². The van der Waals surface area contributed by atoms with Crippen LogP contribution >= 0.6 is 12.2 Å². The molecular formula is C24H27N5O3S2. The Morgan fingerprint density at radius 3 is 2.68 bits per heavy atom. The van der Waals surface area contributed by atoms with Gasteiger partial charge in [-0.25, -0.2) is 8.42 Å². The number of aromatic nitrogens is 2. The van der Waals surface area contributed by atoms with E-state index in [0.29, 0.717) is 10.8 Å². The Morgan fingerprint density at radius 2 is 2.00 bits per heavy atom. The van der Waals surface area contributed by atoms with Gasteiger partial charge in [0, 0.05) is 42.6 Å². The molecule has 2 N–H and O–H groups in total. The van der Waals surface area contributed by atoms with Crippen molar-refractivity contribution in [3.8, 4) is 0 Å². The number of thiocarbonyl (C=S) groups is 1. The molecule has 0 unspecified atom stereocenters. The van der Waals surface area contributed by atoms with Gasteiger partial charge >= 0.3 is 0 Å². The summed E-state index contributed by atoms with van der Waals surface area (Å²) in [5.74, 6) is 0. The van der Waals surface area contributed by atoms with Crippen LogP contribution in [0.25, 0.3) is 0 Å². The van der Waals surface area contributed by atoms with Crippen molar-refractivity contribution in [2.75, 3.05) is 22.5 Å². The Labute approximate surface area is 205 Å². The summed E-state index contributed by atoms with van der Waals surface area (Å²) in [5.41, 5.74) is 3.38. The van der Waals surface area contributed by atoms with Crippen molar-refractivity contribution in [3.05, 3.63) is 78.4 Å². The predicted molar refractivity (Wildman–Crippen MR) is 136 cm³/mol. The van der Waals surface area contributed by atoms with Crippen molar-refractivity contribution in [3.63, 3.8) is 0 Å². The first-order chi connectivity index (χ1) is 16.4. The van der Waals surface area contributed by atoms with Crippen LogP contribution in [-0.2, 0) is 21.3 Å². The Kier molecular flexibility index (Phi) is 6.28. The van der Waals surface area contributed by atoms with Crippen LogP contribution in [0, 0.1) is 0 Å². The quantitative estimate of drug-likeness (QED) is 0.482. The average molecular weight is 498 g/mol. The molecule has 0 radical (unpaired) electrons. The molecule has 0 bridgehead atoms. The molecule has 2 aromatic heterocycles. The van der Waals surface area contributed by atoms with E-state index in [4.69, 9.17) is 17.0 Å². The molecule has 1 aromatic carbocycles. The van der Waals surface area contributed by atoms with Gasteiger partial charge in [0.15, 0.2) is 5.11 Å². The molecule has 2 saturated heterocycles. The summed E-state index contributed by atoms with van der Waals surface area (Å²) < 4.78 is 33.9. The van der Waals surface area contributed by atoms with E-state index in [9.17, 15) is 8.42 Å². The van der Waals surface area contributed by atoms with Gasteiger partial charge in [-0.15, -0.1) is 0 Å². The minimum Gasteiger partial charge on any atom is -0.376 e. The van der Waals surface area contributed by atoms with Crippen molar-refractivity contribution in [1.29, 1.82) is 0 Å². The number of anilines is 2. The number of pyridine rings is 1. The van der Waals surface area contributed by atoms with Gasteiger partial charge in [-0.3, -0.25) is 9.71 Å². The zero-order chi connectivity index (χ0) is 23.7. The number of ether oxygens (including phenoxy) is 1. The van der Waals surface area contributed by atoms with E-state index in [1.165, 1.54) is 0 Å². The van der Waals surface area contributed by atoms with Gasteiger partial charge in [0.05, 0.1) is 24.1 Å². The van der Waals surface area contributed by atoms with E-state index in [-0.39, 0.29) is 18.2 Å². The van der Waals surface area contributed by atoms with Crippen molar-refractivity contribution >= 4 is 38.7 Å². The van der Waals surface area contributed by atoms with E-state index in [0.717, 1.165) is 49.3 Å². The molecule has 3 atom stereocenters. The SMILES string of the molecule is CS(=O)(=O)Nc1ccc(N2C(=S)N[C@H](c3ccccn3)[C@H]2c2cccn2C[C@H]2CCCO2)cc1. The van der Waals surface area contributed by atoms with E-state index in [1.54, 1.807) is 18.3 Å². The second kappa shape index (κ2) is 9.36. The lowest BCUT2D eigenvalue weighted by molar-refractivity contribution is 0.0961. The molecule has 3 aromatic rings. The average Bonchev–Trinajstić information content (AvgIpc) is 3.55. The van der Waals surface area contributed by atoms with Gasteiger partial charge in [0.25, 0.3) is 0 Å². The maximum absolute atomic E-state index is 11.6. The number of benzene rings is 1. The standard InChI is InChI=1S/C24H27N5O3S2/c1-34(30,31)27-17-9-11-18(12-10-17)29-23(22(26-24(29)33)20-7-2-3-13-25-20)21-8-4-14-28(21)16-19-6-5-15-32-19/h2-4,7-14,19,22-23,27H,5-6,15-16H2,1H3,(H,26,33)/t19-,22-,23-/m1/s1. The predicted octanol–water partition coefficient (Wildman–Crippen LogP) is 3.61. The van der Waals surface area contributed by atoms with Gasteiger partial charge in [-0.1, -0.05) is 6.07 Å². The molecular weight excluding hydrogens is 470 g/mol. The molecule has 0 aliphatic carbocycles. The minimum absolute atomic E-state index is 0.146. The van der Waals surface area contributed by atoms with Gasteiger partial charge in [0.1, 0.15) is 6.04 Å². The first-order valence-corrected chi connectivity index (χ1v) is 13.5. The summed E-state index contributed by atoms with van der Waals surface area (Å²) in [7, 11) is -3.35. The lowest BCUT2D eigenvalue weighted by Gasteiger charge is -2.29. The highest BCUT2D eigenvalue weighted by atomic mass is 32.2. The third kappa shape index (κ3) is 4.79. The second-order valence-electron chi connectivity index (χ2n) is 8.64. The van der Waals surface area contributed by atoms with Crippen LogP contribution in [-0.4, -0.2) is 42.0 Å². The molecule has 178 valence electrons. The lowest BCUT2D eigenvalue weighted by Crippen LogP contribution is -2.31. The lowest BCUT2D eigenvalue weighted by atomic mass is 10.0. The Hall–Kier alpha value is -2.95. The summed E-state index contributed by atoms with van der Waals surface area (Å²) in [4.78, 5) is 6.69. The molecule has 0 saturated carbocycles. The summed E-state index contributed by atoms with van der Waals surface area (Å²) in [6.45, 7) is 1.60. The molecule has 10 heteroatoms. The minimum atomic E-state index is -3.35. The number of nitrogens with one attached hydrogen (secondary N) is 2. The fraction of sp³-hybridized carbons (Fsp3) is 0.333. The van der Waals surface area contributed by atoms with Crippen LogP contribution in [0.5, 0.6) is 0 Å². The first kappa shape index (κ1) is 22.8. The van der Waals surface area contributed by atoms with Crippen molar-refractivity contribution in [2.45, 2.75) is 37.6 Å². The Bertz CT molecular complexity index is 1260. The molecule has 5 rings (SSSR count). The third-order valence-electron chi connectivity index (χ3n) is 6.14. The summed E-state index contributed by atoms with van der Waals surface area (Å²) in [6, 6.07) is 17.0. The maximum Gasteiger partial charge on any atom is 0.229 e. The number of nitrogens with zero attached hydrogens (tertiary/aromatic N) is 3. The van der Waals surface area contributed by atoms with E-state index in [2.05, 4.69) is 42.8 Å². The van der Waals surface area contributed by atoms with Gasteiger partial charge in [-0.2, -0.15) is 0 Å². The highest BCUT2D eigenvalue weighted by molar-refractivity contribution is 7.92. The van der Waals surface area contributed by atoms with Gasteiger partial charge < -0.3 is 19.5 Å². The fourth-order valence-electron chi connectivity index (χ4n) is 4.71.